The maximum atomic E-state index is 12.6. The molecular weight excluding hydrogens is 747 g/mol. The Morgan fingerprint density at radius 2 is 1.50 bits per heavy atom. The maximum Gasteiger partial charge on any atom is 0.481 e. The molecule has 0 aromatic carbocycles. The highest BCUT2D eigenvalue weighted by molar-refractivity contribution is 7.61. The van der Waals surface area contributed by atoms with Crippen molar-refractivity contribution in [3.05, 3.63) is 24.4 Å². The van der Waals surface area contributed by atoms with E-state index in [2.05, 4.69) is 32.8 Å². The molecule has 0 bridgehead atoms. The van der Waals surface area contributed by atoms with Crippen molar-refractivity contribution >= 4 is 46.4 Å². The van der Waals surface area contributed by atoms with E-state index in [0.29, 0.717) is 0 Å². The number of nitrogens with two attached hydrogens (primary N) is 2. The van der Waals surface area contributed by atoms with Crippen LogP contribution in [-0.2, 0) is 45.8 Å². The number of primary amides is 1. The number of nitrogen functional groups attached to an aromatic ring is 1. The van der Waals surface area contributed by atoms with Crippen LogP contribution in [0.25, 0.3) is 11.2 Å². The van der Waals surface area contributed by atoms with E-state index in [1.165, 1.54) is 0 Å². The summed E-state index contributed by atoms with van der Waals surface area (Å²) in [6.07, 6.45) is -14.7. The van der Waals surface area contributed by atoms with Crippen LogP contribution >= 0.6 is 23.5 Å². The van der Waals surface area contributed by atoms with Crippen LogP contribution in [0.5, 0.6) is 0 Å². The summed E-state index contributed by atoms with van der Waals surface area (Å²) in [5, 5.41) is 52.0. The Hall–Kier alpha value is -2.55. The Morgan fingerprint density at radius 3 is 2.10 bits per heavy atom. The first-order valence-corrected chi connectivity index (χ1v) is 18.5. The lowest BCUT2D eigenvalue weighted by atomic mass is 10.0. The number of imidazole rings is 1. The molecule has 2 fully saturated rings. The van der Waals surface area contributed by atoms with Gasteiger partial charge in [-0.25, -0.2) is 28.6 Å². The van der Waals surface area contributed by atoms with Gasteiger partial charge in [-0.15, -0.1) is 0 Å². The monoisotopic (exact) mass is 779 g/mol. The van der Waals surface area contributed by atoms with E-state index >= 15 is 0 Å². The maximum absolute atomic E-state index is 12.6. The topological polar surface area (TPSA) is 405 Å². The van der Waals surface area contributed by atoms with Crippen LogP contribution in [0.4, 0.5) is 5.82 Å². The van der Waals surface area contributed by atoms with Crippen LogP contribution in [0.2, 0.25) is 0 Å². The van der Waals surface area contributed by atoms with Crippen molar-refractivity contribution in [1.29, 1.82) is 0 Å². The molecule has 5 rings (SSSR count). The Labute approximate surface area is 278 Å². The number of anilines is 1. The molecule has 5 heterocycles. The van der Waals surface area contributed by atoms with Crippen LogP contribution in [0.1, 0.15) is 12.6 Å². The molecule has 0 spiro atoms. The van der Waals surface area contributed by atoms with Gasteiger partial charge >= 0.3 is 23.5 Å². The second-order valence-electron chi connectivity index (χ2n) is 11.0. The van der Waals surface area contributed by atoms with Crippen molar-refractivity contribution in [2.75, 3.05) is 18.9 Å². The minimum Gasteiger partial charge on any atom is -0.388 e. The minimum absolute atomic E-state index is 0.0168. The van der Waals surface area contributed by atoms with Gasteiger partial charge in [0.25, 0.3) is 0 Å². The molecule has 2 saturated heterocycles. The van der Waals surface area contributed by atoms with E-state index in [1.54, 1.807) is 0 Å². The van der Waals surface area contributed by atoms with E-state index in [1.807, 2.05) is 0 Å². The number of hydrogen-bond acceptors (Lipinski definition) is 20. The molecule has 13 N–H and O–H groups in total. The molecule has 26 nitrogen and oxygen atoms in total. The predicted molar refractivity (Wildman–Crippen MR) is 156 cm³/mol. The molecule has 0 aliphatic carbocycles. The molecule has 50 heavy (non-hydrogen) atoms. The SMILES string of the molecule is NC(=O)C1=CN(C2OC(COP(=O)(O)OP(=O)(O)OCC3OC(n4cnc5c(N)ncnc54)C(OP(=O)(O)O)C3O)C(O)C2O)C(O)C(O)C1. The number of fused-ring (bicyclic) bond motifs is 1. The predicted octanol–water partition coefficient (Wildman–Crippen LogP) is -4.40. The van der Waals surface area contributed by atoms with Gasteiger partial charge in [0.1, 0.15) is 54.6 Å². The van der Waals surface area contributed by atoms with Gasteiger partial charge < -0.3 is 70.9 Å². The molecule has 3 aliphatic rings. The van der Waals surface area contributed by atoms with Gasteiger partial charge in [-0.1, -0.05) is 0 Å². The molecule has 2 aromatic rings. The number of phosphoric ester groups is 3. The number of carbonyl (C=O) groups is 1. The fourth-order valence-electron chi connectivity index (χ4n) is 5.26. The Kier molecular flexibility index (Phi) is 11.2. The van der Waals surface area contributed by atoms with Gasteiger partial charge in [-0.05, 0) is 0 Å². The molecule has 2 aromatic heterocycles. The number of hydrogen-bond donors (Lipinski definition) is 11. The summed E-state index contributed by atoms with van der Waals surface area (Å²) >= 11 is 0. The van der Waals surface area contributed by atoms with Gasteiger partial charge in [0, 0.05) is 18.2 Å². The molecule has 12 unspecified atom stereocenters. The van der Waals surface area contributed by atoms with E-state index in [4.69, 9.17) is 20.9 Å². The number of aliphatic hydroxyl groups is 5. The van der Waals surface area contributed by atoms with Gasteiger partial charge in [0.15, 0.2) is 30.1 Å². The zero-order valence-electron chi connectivity index (χ0n) is 25.0. The third-order valence-electron chi connectivity index (χ3n) is 7.57. The van der Waals surface area contributed by atoms with Crippen molar-refractivity contribution in [1.82, 2.24) is 24.4 Å². The van der Waals surface area contributed by atoms with Gasteiger partial charge in [-0.2, -0.15) is 4.31 Å². The van der Waals surface area contributed by atoms with Crippen LogP contribution in [0, 0.1) is 0 Å². The standard InChI is InChI=1S/C21H32N7O19P3/c22-16-11-18(25-5-24-16)28(6-26-11)21-15(46-48(35,36)37)13(31)10(45-21)4-43-50(40,41)47-49(38,39)42-3-9-12(30)14(32)20(44-9)27-2-7(17(23)33)1-8(29)19(27)34/h2,5-6,8-10,12-15,19-21,29-32,34H,1,3-4H2,(H2,23,33)(H,38,39)(H,40,41)(H2,22,24,25)(H2,35,36,37). The normalized spacial score (nSPS) is 34.4. The van der Waals surface area contributed by atoms with Crippen LogP contribution in [-0.4, -0.2) is 144 Å². The lowest BCUT2D eigenvalue weighted by Gasteiger charge is -2.39. The summed E-state index contributed by atoms with van der Waals surface area (Å²) in [5.41, 5.74) is 10.8. The number of aliphatic hydroxyl groups excluding tert-OH is 5. The highest BCUT2D eigenvalue weighted by atomic mass is 31.3. The lowest BCUT2D eigenvalue weighted by Crippen LogP contribution is -2.53. The molecule has 29 heteroatoms. The van der Waals surface area contributed by atoms with Crippen LogP contribution < -0.4 is 11.5 Å². The summed E-state index contributed by atoms with van der Waals surface area (Å²) in [6, 6.07) is 0. The number of nitrogens with zero attached hydrogens (tertiary/aromatic N) is 5. The van der Waals surface area contributed by atoms with Crippen molar-refractivity contribution in [2.45, 2.75) is 67.8 Å². The number of phosphoric acid groups is 3. The van der Waals surface area contributed by atoms with Crippen molar-refractivity contribution in [2.24, 2.45) is 5.73 Å². The fraction of sp³-hybridized carbons (Fsp3) is 0.619. The Bertz CT molecular complexity index is 1760. The summed E-state index contributed by atoms with van der Waals surface area (Å²) in [4.78, 5) is 63.1. The second-order valence-corrected chi connectivity index (χ2v) is 15.2. The van der Waals surface area contributed by atoms with Crippen molar-refractivity contribution in [3.8, 4) is 0 Å². The molecule has 0 saturated carbocycles. The van der Waals surface area contributed by atoms with Crippen molar-refractivity contribution < 1.29 is 91.0 Å². The second kappa shape index (κ2) is 14.5. The van der Waals surface area contributed by atoms with Crippen LogP contribution in [0.15, 0.2) is 24.4 Å². The van der Waals surface area contributed by atoms with Gasteiger partial charge in [0.05, 0.1) is 19.5 Å². The minimum atomic E-state index is -5.59. The number of ether oxygens (including phenoxy) is 2. The Balaban J connectivity index is 1.21. The first-order valence-electron chi connectivity index (χ1n) is 14.0. The first kappa shape index (κ1) is 38.7. The zero-order chi connectivity index (χ0) is 36.9. The zero-order valence-corrected chi connectivity index (χ0v) is 27.6. The van der Waals surface area contributed by atoms with E-state index < -0.39 is 104 Å². The molecular formula is C21H32N7O19P3. The third-order valence-corrected chi connectivity index (χ3v) is 10.7. The van der Waals surface area contributed by atoms with E-state index in [-0.39, 0.29) is 29.0 Å². The highest BCUT2D eigenvalue weighted by Crippen LogP contribution is 2.61. The van der Waals surface area contributed by atoms with Gasteiger partial charge in [-0.3, -0.25) is 22.9 Å². The summed E-state index contributed by atoms with van der Waals surface area (Å²) < 4.78 is 67.0. The lowest BCUT2D eigenvalue weighted by molar-refractivity contribution is -0.166. The highest BCUT2D eigenvalue weighted by Gasteiger charge is 2.51. The molecule has 3 aliphatic heterocycles. The van der Waals surface area contributed by atoms with Crippen molar-refractivity contribution in [3.63, 3.8) is 0 Å². The average molecular weight is 779 g/mol. The molecule has 1 amide bonds. The molecule has 12 atom stereocenters. The van der Waals surface area contributed by atoms with E-state index in [0.717, 1.165) is 28.3 Å². The van der Waals surface area contributed by atoms with Crippen LogP contribution in [0.3, 0.4) is 0 Å². The molecule has 0 radical (unpaired) electrons. The number of aromatic nitrogens is 4. The number of amides is 1. The molecule has 280 valence electrons. The number of carbonyl (C=O) groups excluding carboxylic acids is 1. The Morgan fingerprint density at radius 1 is 0.900 bits per heavy atom. The summed E-state index contributed by atoms with van der Waals surface area (Å²) in [6.45, 7) is -2.19. The van der Waals surface area contributed by atoms with E-state index in [9.17, 15) is 63.6 Å². The first-order chi connectivity index (χ1) is 23.2. The number of rotatable bonds is 13. The fourth-order valence-corrected chi connectivity index (χ4v) is 7.90. The smallest absolute Gasteiger partial charge is 0.388 e. The summed E-state index contributed by atoms with van der Waals surface area (Å²) in [5.74, 6) is -1.03. The average Bonchev–Trinajstić information content (AvgIpc) is 3.65. The summed E-state index contributed by atoms with van der Waals surface area (Å²) in [7, 11) is -16.4. The van der Waals surface area contributed by atoms with Gasteiger partial charge in [0.2, 0.25) is 5.91 Å². The largest absolute Gasteiger partial charge is 0.481 e. The third kappa shape index (κ3) is 8.39. The quantitative estimate of drug-likeness (QED) is 0.0855.